The Labute approximate surface area is 160 Å². The van der Waals surface area contributed by atoms with Crippen molar-refractivity contribution in [2.45, 2.75) is 27.7 Å². The lowest BCUT2D eigenvalue weighted by Gasteiger charge is -2.33. The Balaban J connectivity index is 1.97. The molecule has 25 heavy (non-hydrogen) atoms. The van der Waals surface area contributed by atoms with Crippen molar-refractivity contribution in [3.63, 3.8) is 0 Å². The molecular formula is C18H28ClN4OS+. The molecule has 7 heteroatoms. The van der Waals surface area contributed by atoms with Crippen LogP contribution in [0.15, 0.2) is 18.2 Å². The molecule has 5 nitrogen and oxygen atoms in total. The predicted octanol–water partition coefficient (Wildman–Crippen LogP) is 1.92. The van der Waals surface area contributed by atoms with E-state index in [0.29, 0.717) is 5.02 Å². The molecule has 1 aliphatic heterocycles. The summed E-state index contributed by atoms with van der Waals surface area (Å²) in [6, 6.07) is 5.80. The van der Waals surface area contributed by atoms with Gasteiger partial charge in [-0.2, -0.15) is 0 Å². The van der Waals surface area contributed by atoms with Crippen molar-refractivity contribution in [2.24, 2.45) is 5.41 Å². The zero-order valence-corrected chi connectivity index (χ0v) is 17.0. The molecule has 1 aliphatic rings. The number of rotatable bonds is 3. The van der Waals surface area contributed by atoms with Crippen LogP contribution in [0.5, 0.6) is 0 Å². The van der Waals surface area contributed by atoms with Crippen LogP contribution in [0.1, 0.15) is 27.7 Å². The maximum absolute atomic E-state index is 12.0. The van der Waals surface area contributed by atoms with Crippen molar-refractivity contribution in [3.05, 3.63) is 23.2 Å². The summed E-state index contributed by atoms with van der Waals surface area (Å²) >= 11 is 11.7. The molecule has 1 fully saturated rings. The molecule has 0 radical (unpaired) electrons. The van der Waals surface area contributed by atoms with E-state index in [1.165, 1.54) is 6.54 Å². The van der Waals surface area contributed by atoms with E-state index < -0.39 is 5.41 Å². The molecule has 1 heterocycles. The highest BCUT2D eigenvalue weighted by atomic mass is 35.5. The molecule has 0 spiro atoms. The van der Waals surface area contributed by atoms with E-state index in [1.807, 2.05) is 39.0 Å². The quantitative estimate of drug-likeness (QED) is 0.698. The smallest absolute Gasteiger partial charge is 0.231 e. The Morgan fingerprint density at radius 1 is 1.32 bits per heavy atom. The topological polar surface area (TPSA) is 48.8 Å². The number of piperazine rings is 1. The molecule has 1 aromatic carbocycles. The molecular weight excluding hydrogens is 356 g/mol. The number of thiocarbonyl (C=S) groups is 1. The first-order valence-corrected chi connectivity index (χ1v) is 9.50. The molecule has 138 valence electrons. The van der Waals surface area contributed by atoms with Gasteiger partial charge in [-0.25, -0.2) is 0 Å². The Hall–Kier alpha value is -1.37. The molecule has 2 rings (SSSR count). The van der Waals surface area contributed by atoms with Crippen LogP contribution < -0.4 is 20.4 Å². The molecule has 1 saturated heterocycles. The normalized spacial score (nSPS) is 15.8. The zero-order valence-electron chi connectivity index (χ0n) is 15.4. The molecule has 0 aliphatic carbocycles. The van der Waals surface area contributed by atoms with E-state index in [4.69, 9.17) is 23.8 Å². The molecule has 1 amide bonds. The Morgan fingerprint density at radius 2 is 1.96 bits per heavy atom. The van der Waals surface area contributed by atoms with Gasteiger partial charge in [-0.1, -0.05) is 32.4 Å². The maximum atomic E-state index is 12.0. The van der Waals surface area contributed by atoms with Gasteiger partial charge in [-0.15, -0.1) is 0 Å². The molecule has 0 aromatic heterocycles. The second-order valence-corrected chi connectivity index (χ2v) is 8.23. The number of hydrogen-bond acceptors (Lipinski definition) is 3. The van der Waals surface area contributed by atoms with Crippen LogP contribution >= 0.6 is 23.8 Å². The first kappa shape index (κ1) is 19.9. The van der Waals surface area contributed by atoms with Crippen molar-refractivity contribution in [1.82, 2.24) is 5.32 Å². The second-order valence-electron chi connectivity index (χ2n) is 7.42. The van der Waals surface area contributed by atoms with Gasteiger partial charge in [0.2, 0.25) is 5.91 Å². The fourth-order valence-electron chi connectivity index (χ4n) is 2.71. The fraction of sp³-hybridized carbons (Fsp3) is 0.556. The number of amides is 1. The van der Waals surface area contributed by atoms with E-state index in [0.717, 1.165) is 37.6 Å². The highest BCUT2D eigenvalue weighted by Gasteiger charge is 2.23. The average Bonchev–Trinajstić information content (AvgIpc) is 2.54. The Bertz CT molecular complexity index is 636. The first-order valence-electron chi connectivity index (χ1n) is 8.71. The number of likely N-dealkylation sites (N-methyl/N-ethyl adjacent to an activating group) is 1. The van der Waals surface area contributed by atoms with Gasteiger partial charge in [0.15, 0.2) is 5.11 Å². The summed E-state index contributed by atoms with van der Waals surface area (Å²) in [4.78, 5) is 15.9. The number of nitrogens with zero attached hydrogens (tertiary/aromatic N) is 1. The summed E-state index contributed by atoms with van der Waals surface area (Å²) in [7, 11) is 0. The van der Waals surface area contributed by atoms with Crippen LogP contribution in [0.3, 0.4) is 0 Å². The number of anilines is 2. The van der Waals surface area contributed by atoms with Crippen LogP contribution in [-0.2, 0) is 4.79 Å². The summed E-state index contributed by atoms with van der Waals surface area (Å²) in [6.45, 7) is 13.2. The minimum absolute atomic E-state index is 0.121. The largest absolute Gasteiger partial charge is 0.359 e. The standard InChI is InChI=1S/C18H27ClN4OS/c1-5-22-8-10-23(11-9-22)15-7-6-13(12-14(15)19)20-17(25)21-16(24)18(2,3)4/h6-7,12H,5,8-11H2,1-4H3,(H2,20,21,24,25)/p+1. The number of benzene rings is 1. The second kappa shape index (κ2) is 8.34. The Morgan fingerprint density at radius 3 is 2.48 bits per heavy atom. The van der Waals surface area contributed by atoms with Gasteiger partial charge in [-0.05, 0) is 37.3 Å². The van der Waals surface area contributed by atoms with Crippen LogP contribution in [0.4, 0.5) is 11.4 Å². The summed E-state index contributed by atoms with van der Waals surface area (Å²) < 4.78 is 0. The zero-order chi connectivity index (χ0) is 18.6. The van der Waals surface area contributed by atoms with E-state index in [1.54, 1.807) is 4.90 Å². The Kier molecular flexibility index (Phi) is 6.65. The van der Waals surface area contributed by atoms with E-state index in [2.05, 4.69) is 22.5 Å². The van der Waals surface area contributed by atoms with Crippen molar-refractivity contribution >= 4 is 46.2 Å². The summed E-state index contributed by atoms with van der Waals surface area (Å²) in [5.41, 5.74) is 1.33. The predicted molar refractivity (Wildman–Crippen MR) is 109 cm³/mol. The highest BCUT2D eigenvalue weighted by molar-refractivity contribution is 7.80. The fourth-order valence-corrected chi connectivity index (χ4v) is 3.22. The number of quaternary nitrogens is 1. The van der Waals surface area contributed by atoms with Crippen molar-refractivity contribution < 1.29 is 9.69 Å². The lowest BCUT2D eigenvalue weighted by atomic mass is 9.96. The lowest BCUT2D eigenvalue weighted by molar-refractivity contribution is -0.898. The summed E-state index contributed by atoms with van der Waals surface area (Å²) in [5.74, 6) is -0.121. The van der Waals surface area contributed by atoms with Crippen LogP contribution in [-0.4, -0.2) is 43.7 Å². The van der Waals surface area contributed by atoms with Crippen LogP contribution in [0.2, 0.25) is 5.02 Å². The third-order valence-corrected chi connectivity index (χ3v) is 4.93. The number of hydrogen-bond donors (Lipinski definition) is 3. The van der Waals surface area contributed by atoms with Gasteiger partial charge in [0, 0.05) is 11.1 Å². The monoisotopic (exact) mass is 383 g/mol. The maximum Gasteiger partial charge on any atom is 0.231 e. The first-order chi connectivity index (χ1) is 11.7. The van der Waals surface area contributed by atoms with Crippen molar-refractivity contribution in [1.29, 1.82) is 0 Å². The molecule has 0 atom stereocenters. The number of nitrogens with one attached hydrogen (secondary N) is 3. The average molecular weight is 384 g/mol. The van der Waals surface area contributed by atoms with Crippen molar-refractivity contribution in [3.8, 4) is 0 Å². The van der Waals surface area contributed by atoms with E-state index in [9.17, 15) is 4.79 Å². The number of halogens is 1. The van der Waals surface area contributed by atoms with Gasteiger partial charge in [-0.3, -0.25) is 4.79 Å². The van der Waals surface area contributed by atoms with Gasteiger partial charge in [0.1, 0.15) is 0 Å². The molecule has 0 saturated carbocycles. The minimum Gasteiger partial charge on any atom is -0.359 e. The third-order valence-electron chi connectivity index (χ3n) is 4.43. The molecule has 0 unspecified atom stereocenters. The molecule has 0 bridgehead atoms. The third kappa shape index (κ3) is 5.56. The number of carbonyl (C=O) groups is 1. The summed E-state index contributed by atoms with van der Waals surface area (Å²) in [5, 5.41) is 6.70. The van der Waals surface area contributed by atoms with E-state index >= 15 is 0 Å². The van der Waals surface area contributed by atoms with Crippen LogP contribution in [0, 0.1) is 5.41 Å². The molecule has 3 N–H and O–H groups in total. The van der Waals surface area contributed by atoms with Gasteiger partial charge >= 0.3 is 0 Å². The van der Waals surface area contributed by atoms with E-state index in [-0.39, 0.29) is 11.0 Å². The lowest BCUT2D eigenvalue weighted by Crippen LogP contribution is -3.14. The molecule has 1 aromatic rings. The SMILES string of the molecule is CC[NH+]1CCN(c2ccc(NC(=S)NC(=O)C(C)(C)C)cc2Cl)CC1. The summed E-state index contributed by atoms with van der Waals surface area (Å²) in [6.07, 6.45) is 0. The highest BCUT2D eigenvalue weighted by Crippen LogP contribution is 2.29. The minimum atomic E-state index is -0.490. The van der Waals surface area contributed by atoms with Crippen molar-refractivity contribution in [2.75, 3.05) is 42.9 Å². The van der Waals surface area contributed by atoms with Crippen LogP contribution in [0.25, 0.3) is 0 Å². The number of carbonyl (C=O) groups excluding carboxylic acids is 1. The van der Waals surface area contributed by atoms with Gasteiger partial charge < -0.3 is 20.4 Å². The van der Waals surface area contributed by atoms with Gasteiger partial charge in [0.05, 0.1) is 43.4 Å². The van der Waals surface area contributed by atoms with Gasteiger partial charge in [0.25, 0.3) is 0 Å².